The van der Waals surface area contributed by atoms with Gasteiger partial charge in [-0.3, -0.25) is 9.59 Å². The number of carbonyl (C=O) groups excluding carboxylic acids is 2. The van der Waals surface area contributed by atoms with Crippen LogP contribution in [0.4, 0.5) is 10.6 Å². The highest BCUT2D eigenvalue weighted by Crippen LogP contribution is 2.33. The molecule has 148 valence electrons. The zero-order chi connectivity index (χ0) is 19.8. The molecule has 3 rings (SSSR count). The Morgan fingerprint density at radius 2 is 2.15 bits per heavy atom. The van der Waals surface area contributed by atoms with Gasteiger partial charge in [-0.1, -0.05) is 6.42 Å². The second kappa shape index (κ2) is 9.97. The molecule has 3 amide bonds. The van der Waals surface area contributed by atoms with Crippen molar-refractivity contribution in [2.24, 2.45) is 11.6 Å². The third kappa shape index (κ3) is 6.00. The number of carbonyl (C=O) groups is 3. The number of primary amides is 1. The standard InChI is InChI=1S/C10H16N2O3S.C6H8N4O/c13-8(14)4-2-1-3-7-9-6(5-16-7)11-10(15)12-9;7-5(11)4-2-1-3-9-6(4)10-8/h6-7,9H,1-5H2,(H,13,14)(H2,11,12,15);1-3H,8H2,(H2,7,11)(H,9,10)/t6-,7-,9-;/m0./s1. The minimum atomic E-state index is -0.729. The maximum absolute atomic E-state index is 11.1. The lowest BCUT2D eigenvalue weighted by Crippen LogP contribution is -2.36. The average molecular weight is 396 g/mol. The summed E-state index contributed by atoms with van der Waals surface area (Å²) in [5.74, 6) is 5.05. The molecule has 2 aliphatic rings. The number of urea groups is 1. The highest BCUT2D eigenvalue weighted by molar-refractivity contribution is 8.00. The third-order valence-corrected chi connectivity index (χ3v) is 5.79. The molecule has 3 heterocycles. The van der Waals surface area contributed by atoms with Gasteiger partial charge in [0.05, 0.1) is 17.6 Å². The van der Waals surface area contributed by atoms with Gasteiger partial charge in [-0.15, -0.1) is 0 Å². The van der Waals surface area contributed by atoms with E-state index in [9.17, 15) is 14.4 Å². The fourth-order valence-electron chi connectivity index (χ4n) is 2.98. The Morgan fingerprint density at radius 1 is 1.37 bits per heavy atom. The average Bonchev–Trinajstić information content (AvgIpc) is 3.18. The molecule has 0 unspecified atom stereocenters. The molecule has 11 heteroatoms. The van der Waals surface area contributed by atoms with E-state index < -0.39 is 11.9 Å². The molecular weight excluding hydrogens is 372 g/mol. The van der Waals surface area contributed by atoms with Crippen molar-refractivity contribution >= 4 is 35.5 Å². The highest BCUT2D eigenvalue weighted by Gasteiger charge is 2.42. The first-order valence-electron chi connectivity index (χ1n) is 8.54. The molecule has 27 heavy (non-hydrogen) atoms. The molecule has 0 saturated carbocycles. The van der Waals surface area contributed by atoms with Crippen molar-refractivity contribution in [2.45, 2.75) is 43.0 Å². The molecule has 1 aromatic heterocycles. The van der Waals surface area contributed by atoms with Crippen LogP contribution in [0.25, 0.3) is 0 Å². The van der Waals surface area contributed by atoms with E-state index in [2.05, 4.69) is 21.0 Å². The number of aliphatic carboxylic acids is 1. The number of anilines is 1. The number of nitrogens with one attached hydrogen (secondary N) is 3. The van der Waals surface area contributed by atoms with Crippen molar-refractivity contribution in [1.29, 1.82) is 0 Å². The van der Waals surface area contributed by atoms with Gasteiger partial charge in [0.25, 0.3) is 5.91 Å². The van der Waals surface area contributed by atoms with Crippen LogP contribution in [0.5, 0.6) is 0 Å². The first kappa shape index (κ1) is 20.8. The molecule has 0 radical (unpaired) electrons. The predicted octanol–water partition coefficient (Wildman–Crippen LogP) is 0.263. The normalized spacial score (nSPS) is 22.7. The summed E-state index contributed by atoms with van der Waals surface area (Å²) in [6.45, 7) is 0. The highest BCUT2D eigenvalue weighted by atomic mass is 32.2. The number of amides is 3. The summed E-state index contributed by atoms with van der Waals surface area (Å²) in [4.78, 5) is 35.9. The zero-order valence-corrected chi connectivity index (χ0v) is 15.5. The molecule has 2 saturated heterocycles. The fraction of sp³-hybridized carbons (Fsp3) is 0.500. The number of nitrogen functional groups attached to an aromatic ring is 1. The molecule has 3 atom stereocenters. The quantitative estimate of drug-likeness (QED) is 0.165. The topological polar surface area (TPSA) is 172 Å². The van der Waals surface area contributed by atoms with Gasteiger partial charge in [0.15, 0.2) is 5.82 Å². The van der Waals surface area contributed by atoms with Crippen molar-refractivity contribution in [3.63, 3.8) is 0 Å². The number of nitrogens with two attached hydrogens (primary N) is 2. The Balaban J connectivity index is 0.000000208. The molecule has 0 bridgehead atoms. The number of hydrazine groups is 1. The van der Waals surface area contributed by atoms with E-state index in [4.69, 9.17) is 16.7 Å². The summed E-state index contributed by atoms with van der Waals surface area (Å²) in [5, 5.41) is 14.8. The van der Waals surface area contributed by atoms with E-state index in [0.29, 0.717) is 11.1 Å². The Labute approximate surface area is 160 Å². The van der Waals surface area contributed by atoms with Crippen LogP contribution in [-0.4, -0.2) is 51.1 Å². The molecule has 0 aromatic carbocycles. The van der Waals surface area contributed by atoms with E-state index in [-0.39, 0.29) is 30.1 Å². The van der Waals surface area contributed by atoms with Crippen LogP contribution in [0.2, 0.25) is 0 Å². The number of hydrogen-bond donors (Lipinski definition) is 6. The van der Waals surface area contributed by atoms with Gasteiger partial charge in [-0.25, -0.2) is 15.6 Å². The largest absolute Gasteiger partial charge is 0.481 e. The van der Waals surface area contributed by atoms with Crippen molar-refractivity contribution in [3.05, 3.63) is 23.9 Å². The fourth-order valence-corrected chi connectivity index (χ4v) is 4.53. The minimum absolute atomic E-state index is 0.0640. The van der Waals surface area contributed by atoms with Gasteiger partial charge >= 0.3 is 12.0 Å². The monoisotopic (exact) mass is 396 g/mol. The number of unbranched alkanes of at least 4 members (excludes halogenated alkanes) is 1. The lowest BCUT2D eigenvalue weighted by Gasteiger charge is -2.16. The number of nitrogens with zero attached hydrogens (tertiary/aromatic N) is 1. The second-order valence-corrected chi connectivity index (χ2v) is 7.44. The summed E-state index contributed by atoms with van der Waals surface area (Å²) in [6.07, 6.45) is 4.40. The van der Waals surface area contributed by atoms with Gasteiger partial charge in [-0.2, -0.15) is 11.8 Å². The number of fused-ring (bicyclic) bond motifs is 1. The lowest BCUT2D eigenvalue weighted by atomic mass is 10.0. The summed E-state index contributed by atoms with van der Waals surface area (Å²) in [7, 11) is 0. The zero-order valence-electron chi connectivity index (χ0n) is 14.7. The molecule has 2 fully saturated rings. The number of carboxylic acids is 1. The molecule has 8 N–H and O–H groups in total. The number of rotatable bonds is 7. The van der Waals surface area contributed by atoms with Crippen LogP contribution in [-0.2, 0) is 4.79 Å². The number of carboxylic acid groups (broad SMARTS) is 1. The van der Waals surface area contributed by atoms with Crippen LogP contribution in [0.3, 0.4) is 0 Å². The first-order chi connectivity index (χ1) is 12.9. The van der Waals surface area contributed by atoms with Gasteiger partial charge in [0, 0.05) is 23.6 Å². The van der Waals surface area contributed by atoms with Gasteiger partial charge in [-0.05, 0) is 25.0 Å². The summed E-state index contributed by atoms with van der Waals surface area (Å²) < 4.78 is 0. The van der Waals surface area contributed by atoms with Gasteiger partial charge in [0.1, 0.15) is 0 Å². The molecule has 0 spiro atoms. The SMILES string of the molecule is NNc1ncccc1C(N)=O.O=C(O)CCCC[C@@H]1SC[C@@H]2NC(=O)N[C@@H]21. The van der Waals surface area contributed by atoms with Gasteiger partial charge in [0.2, 0.25) is 0 Å². The second-order valence-electron chi connectivity index (χ2n) is 6.17. The Kier molecular flexibility index (Phi) is 7.67. The number of hydrogen-bond acceptors (Lipinski definition) is 7. The van der Waals surface area contributed by atoms with E-state index in [0.717, 1.165) is 25.0 Å². The molecule has 2 aliphatic heterocycles. The van der Waals surface area contributed by atoms with Crippen molar-refractivity contribution in [1.82, 2.24) is 15.6 Å². The smallest absolute Gasteiger partial charge is 0.315 e. The van der Waals surface area contributed by atoms with Crippen LogP contribution in [0.15, 0.2) is 18.3 Å². The maximum Gasteiger partial charge on any atom is 0.315 e. The Bertz CT molecular complexity index is 689. The summed E-state index contributed by atoms with van der Waals surface area (Å²) in [5.41, 5.74) is 7.57. The lowest BCUT2D eigenvalue weighted by molar-refractivity contribution is -0.137. The van der Waals surface area contributed by atoms with Gasteiger partial charge < -0.3 is 26.9 Å². The molecule has 10 nitrogen and oxygen atoms in total. The molecular formula is C16H24N6O4S. The van der Waals surface area contributed by atoms with E-state index in [1.807, 2.05) is 11.8 Å². The van der Waals surface area contributed by atoms with Crippen LogP contribution < -0.4 is 27.6 Å². The van der Waals surface area contributed by atoms with E-state index in [1.165, 1.54) is 6.20 Å². The van der Waals surface area contributed by atoms with Crippen LogP contribution >= 0.6 is 11.8 Å². The van der Waals surface area contributed by atoms with E-state index in [1.54, 1.807) is 12.1 Å². The number of aromatic nitrogens is 1. The number of thioether (sulfide) groups is 1. The Morgan fingerprint density at radius 3 is 2.78 bits per heavy atom. The molecule has 0 aliphatic carbocycles. The van der Waals surface area contributed by atoms with Crippen LogP contribution in [0, 0.1) is 0 Å². The third-order valence-electron chi connectivity index (χ3n) is 4.28. The summed E-state index contributed by atoms with van der Waals surface area (Å²) >= 11 is 1.87. The minimum Gasteiger partial charge on any atom is -0.481 e. The summed E-state index contributed by atoms with van der Waals surface area (Å²) in [6, 6.07) is 3.60. The van der Waals surface area contributed by atoms with E-state index >= 15 is 0 Å². The molecule has 1 aromatic rings. The maximum atomic E-state index is 11.1. The first-order valence-corrected chi connectivity index (χ1v) is 9.59. The predicted molar refractivity (Wildman–Crippen MR) is 102 cm³/mol. The Hall–Kier alpha value is -2.53. The van der Waals surface area contributed by atoms with Crippen molar-refractivity contribution < 1.29 is 19.5 Å². The van der Waals surface area contributed by atoms with Crippen molar-refractivity contribution in [3.8, 4) is 0 Å². The number of pyridine rings is 1. The van der Waals surface area contributed by atoms with Crippen molar-refractivity contribution in [2.75, 3.05) is 11.2 Å². The van der Waals surface area contributed by atoms with Crippen LogP contribution in [0.1, 0.15) is 36.0 Å².